The Bertz CT molecular complexity index is 1020. The van der Waals surface area contributed by atoms with Crippen molar-refractivity contribution in [2.24, 2.45) is 40.2 Å². The maximum absolute atomic E-state index is 10.6. The molecule has 1 aliphatic carbocycles. The maximum atomic E-state index is 10.6. The molecule has 1 aromatic carbocycles. The number of benzene rings is 1. The first-order chi connectivity index (χ1) is 21.5. The number of carbonyl (C=O) groups is 4. The third-order valence-corrected chi connectivity index (χ3v) is 7.77. The summed E-state index contributed by atoms with van der Waals surface area (Å²) < 4.78 is 0. The zero-order valence-corrected chi connectivity index (χ0v) is 28.2. The van der Waals surface area contributed by atoms with E-state index in [1.165, 1.54) is 6.42 Å². The second-order valence-corrected chi connectivity index (χ2v) is 12.5. The second-order valence-electron chi connectivity index (χ2n) is 12.1. The Morgan fingerprint density at radius 1 is 0.870 bits per heavy atom. The molecule has 0 heterocycles. The van der Waals surface area contributed by atoms with Gasteiger partial charge >= 0.3 is 23.9 Å². The summed E-state index contributed by atoms with van der Waals surface area (Å²) in [6, 6.07) is 6.91. The fourth-order valence-corrected chi connectivity index (χ4v) is 5.07. The summed E-state index contributed by atoms with van der Waals surface area (Å²) in [4.78, 5) is 41.3. The van der Waals surface area contributed by atoms with Gasteiger partial charge in [0.05, 0.1) is 12.8 Å². The van der Waals surface area contributed by atoms with Gasteiger partial charge in [-0.3, -0.25) is 19.2 Å². The Morgan fingerprint density at radius 2 is 1.41 bits per heavy atom. The van der Waals surface area contributed by atoms with Gasteiger partial charge in [0.1, 0.15) is 0 Å². The first-order valence-electron chi connectivity index (χ1n) is 15.7. The number of hydrogen-bond acceptors (Lipinski definition) is 8. The van der Waals surface area contributed by atoms with E-state index in [1.807, 2.05) is 12.1 Å². The SMILES string of the molecule is C=C[C@@H](N)CCC(=O)O.CC(C)C[C@H](CN)CC(=O)O.NCC(CC(=O)O)c1ccc(Cl)cc1.NCC1(CC(=O)O)CCCCC1. The van der Waals surface area contributed by atoms with Crippen molar-refractivity contribution in [3.05, 3.63) is 47.5 Å². The van der Waals surface area contributed by atoms with Crippen LogP contribution >= 0.6 is 11.6 Å². The summed E-state index contributed by atoms with van der Waals surface area (Å²) in [5, 5.41) is 34.6. The topological polar surface area (TPSA) is 253 Å². The lowest BCUT2D eigenvalue weighted by molar-refractivity contribution is -0.140. The number of carboxylic acid groups (broad SMARTS) is 4. The fourth-order valence-electron chi connectivity index (χ4n) is 4.94. The van der Waals surface area contributed by atoms with Gasteiger partial charge in [-0.2, -0.15) is 0 Å². The molecular formula is C33H57ClN4O8. The minimum Gasteiger partial charge on any atom is -0.481 e. The lowest BCUT2D eigenvalue weighted by atomic mass is 9.72. The Morgan fingerprint density at radius 3 is 1.78 bits per heavy atom. The summed E-state index contributed by atoms with van der Waals surface area (Å²) in [5.41, 5.74) is 22.7. The Kier molecular flexibility index (Phi) is 25.6. The molecule has 0 aliphatic heterocycles. The van der Waals surface area contributed by atoms with Crippen LogP contribution in [-0.2, 0) is 19.2 Å². The van der Waals surface area contributed by atoms with E-state index >= 15 is 0 Å². The van der Waals surface area contributed by atoms with Crippen LogP contribution in [0.5, 0.6) is 0 Å². The Balaban J connectivity index is 0. The monoisotopic (exact) mass is 672 g/mol. The van der Waals surface area contributed by atoms with Crippen molar-refractivity contribution < 1.29 is 39.6 Å². The Hall–Kier alpha value is -3.03. The molecule has 0 saturated heterocycles. The second kappa shape index (κ2) is 26.1. The fraction of sp³-hybridized carbons (Fsp3) is 0.636. The first kappa shape index (κ1) is 45.1. The summed E-state index contributed by atoms with van der Waals surface area (Å²) in [7, 11) is 0. The summed E-state index contributed by atoms with van der Waals surface area (Å²) in [5.74, 6) is -2.56. The summed E-state index contributed by atoms with van der Waals surface area (Å²) >= 11 is 5.72. The van der Waals surface area contributed by atoms with Gasteiger partial charge in [0.15, 0.2) is 0 Å². The molecule has 1 fully saturated rings. The maximum Gasteiger partial charge on any atom is 0.304 e. The van der Waals surface area contributed by atoms with E-state index in [4.69, 9.17) is 55.0 Å². The standard InChI is InChI=1S/C10H12ClNO2.C9H17NO2.C8H17NO2.C6H11NO2/c11-9-3-1-7(2-4-9)8(6-12)5-10(13)14;10-7-9(6-8(11)12)4-2-1-3-5-9;1-6(2)3-7(5-9)4-8(10)11;1-2-5(7)3-4-6(8)9/h1-4,8H,5-6,12H2,(H,13,14);1-7,10H2,(H,11,12);6-7H,3-5,9H2,1-2H3,(H,10,11);2,5H,1,3-4,7H2,(H,8,9)/t;;7-;5-/m..01/s1. The molecule has 2 rings (SSSR count). The lowest BCUT2D eigenvalue weighted by Gasteiger charge is -2.34. The van der Waals surface area contributed by atoms with Crippen molar-refractivity contribution >= 4 is 35.5 Å². The smallest absolute Gasteiger partial charge is 0.304 e. The van der Waals surface area contributed by atoms with Crippen LogP contribution in [-0.4, -0.2) is 70.0 Å². The quantitative estimate of drug-likeness (QED) is 0.111. The van der Waals surface area contributed by atoms with Crippen LogP contribution in [0.15, 0.2) is 36.9 Å². The third kappa shape index (κ3) is 24.2. The van der Waals surface area contributed by atoms with Gasteiger partial charge < -0.3 is 43.4 Å². The van der Waals surface area contributed by atoms with Gasteiger partial charge in [0.2, 0.25) is 0 Å². The van der Waals surface area contributed by atoms with Gasteiger partial charge in [-0.25, -0.2) is 0 Å². The van der Waals surface area contributed by atoms with Gasteiger partial charge in [-0.1, -0.05) is 62.9 Å². The molecule has 0 aromatic heterocycles. The van der Waals surface area contributed by atoms with Crippen LogP contribution < -0.4 is 22.9 Å². The number of aliphatic carboxylic acids is 4. The summed E-state index contributed by atoms with van der Waals surface area (Å²) in [6.07, 6.45) is 9.07. The molecule has 0 bridgehead atoms. The molecule has 1 aliphatic rings. The van der Waals surface area contributed by atoms with Crippen molar-refractivity contribution in [1.82, 2.24) is 0 Å². The van der Waals surface area contributed by atoms with Crippen molar-refractivity contribution in [3.63, 3.8) is 0 Å². The minimum atomic E-state index is -0.838. The number of nitrogens with two attached hydrogens (primary N) is 4. The minimum absolute atomic E-state index is 0.0537. The molecule has 0 amide bonds. The molecule has 264 valence electrons. The largest absolute Gasteiger partial charge is 0.481 e. The van der Waals surface area contributed by atoms with Gasteiger partial charge in [0, 0.05) is 29.8 Å². The van der Waals surface area contributed by atoms with E-state index in [2.05, 4.69) is 20.4 Å². The van der Waals surface area contributed by atoms with Crippen LogP contribution in [0, 0.1) is 17.3 Å². The predicted octanol–water partition coefficient (Wildman–Crippen LogP) is 4.67. The first-order valence-corrected chi connectivity index (χ1v) is 16.0. The number of carboxylic acids is 4. The van der Waals surface area contributed by atoms with E-state index < -0.39 is 23.9 Å². The molecule has 1 saturated carbocycles. The normalized spacial score (nSPS) is 15.2. The molecule has 12 nitrogen and oxygen atoms in total. The molecule has 0 spiro atoms. The highest BCUT2D eigenvalue weighted by atomic mass is 35.5. The van der Waals surface area contributed by atoms with Crippen LogP contribution in [0.1, 0.15) is 96.0 Å². The van der Waals surface area contributed by atoms with Crippen LogP contribution in [0.3, 0.4) is 0 Å². The molecule has 1 aromatic rings. The third-order valence-electron chi connectivity index (χ3n) is 7.52. The van der Waals surface area contributed by atoms with Crippen LogP contribution in [0.25, 0.3) is 0 Å². The predicted molar refractivity (Wildman–Crippen MR) is 182 cm³/mol. The number of rotatable bonds is 16. The van der Waals surface area contributed by atoms with Crippen molar-refractivity contribution in [1.29, 1.82) is 0 Å². The van der Waals surface area contributed by atoms with Crippen molar-refractivity contribution in [2.45, 2.75) is 96.4 Å². The highest BCUT2D eigenvalue weighted by Gasteiger charge is 2.32. The van der Waals surface area contributed by atoms with Gasteiger partial charge in [-0.05, 0) is 80.3 Å². The highest BCUT2D eigenvalue weighted by Crippen LogP contribution is 2.38. The zero-order chi connectivity index (χ0) is 35.7. The van der Waals surface area contributed by atoms with Crippen LogP contribution in [0.2, 0.25) is 5.02 Å². The lowest BCUT2D eigenvalue weighted by Crippen LogP contribution is -2.34. The Labute approximate surface area is 278 Å². The molecule has 46 heavy (non-hydrogen) atoms. The number of hydrogen-bond donors (Lipinski definition) is 8. The molecule has 13 heteroatoms. The van der Waals surface area contributed by atoms with E-state index in [-0.39, 0.29) is 49.0 Å². The molecule has 3 atom stereocenters. The van der Waals surface area contributed by atoms with Crippen molar-refractivity contribution in [3.8, 4) is 0 Å². The highest BCUT2D eigenvalue weighted by molar-refractivity contribution is 6.30. The molecular weight excluding hydrogens is 616 g/mol. The van der Waals surface area contributed by atoms with Gasteiger partial charge in [0.25, 0.3) is 0 Å². The molecule has 0 radical (unpaired) electrons. The van der Waals surface area contributed by atoms with E-state index in [9.17, 15) is 19.2 Å². The van der Waals surface area contributed by atoms with Crippen molar-refractivity contribution in [2.75, 3.05) is 19.6 Å². The zero-order valence-electron chi connectivity index (χ0n) is 27.4. The average Bonchev–Trinajstić information content (AvgIpc) is 2.99. The number of halogens is 1. The molecule has 1 unspecified atom stereocenters. The van der Waals surface area contributed by atoms with E-state index in [0.29, 0.717) is 37.0 Å². The molecule has 12 N–H and O–H groups in total. The van der Waals surface area contributed by atoms with E-state index in [1.54, 1.807) is 18.2 Å². The van der Waals surface area contributed by atoms with Crippen LogP contribution in [0.4, 0.5) is 0 Å². The summed E-state index contributed by atoms with van der Waals surface area (Å²) in [6.45, 7) is 8.90. The van der Waals surface area contributed by atoms with Gasteiger partial charge in [-0.15, -0.1) is 6.58 Å². The average molecular weight is 673 g/mol. The van der Waals surface area contributed by atoms with E-state index in [0.717, 1.165) is 37.7 Å².